The molecule has 0 amide bonds. The van der Waals surface area contributed by atoms with Crippen LogP contribution in [0.2, 0.25) is 0 Å². The first kappa shape index (κ1) is 22.6. The fraction of sp³-hybridized carbons (Fsp3) is 0. The van der Waals surface area contributed by atoms with Crippen LogP contribution in [0.4, 0.5) is 11.4 Å². The van der Waals surface area contributed by atoms with Gasteiger partial charge in [-0.15, -0.1) is 0 Å². The molecule has 0 spiro atoms. The van der Waals surface area contributed by atoms with Gasteiger partial charge in [-0.25, -0.2) is 0 Å². The normalized spacial score (nSPS) is 11.5. The van der Waals surface area contributed by atoms with E-state index in [0.717, 1.165) is 17.1 Å². The molecule has 0 atom stereocenters. The summed E-state index contributed by atoms with van der Waals surface area (Å²) in [4.78, 5) is 0. The molecule has 2 nitrogen and oxygen atoms in total. The number of para-hydroxylation sites is 2. The second kappa shape index (κ2) is 9.14. The molecule has 8 rings (SSSR count). The standard InChI is InChI=1S/C38H26N2/c1-2-11-33-26(8-1)16-17-29-24-28(18-23-34(29)33)27-9-7-10-31(25-27)39-30-19-21-32(22-20-30)40-37-14-5-3-12-35(37)36-13-4-6-15-38(36)40/h1-25,39H. The Morgan fingerprint density at radius 2 is 1.00 bits per heavy atom. The Hall–Kier alpha value is -5.34. The number of fused-ring (bicyclic) bond motifs is 6. The van der Waals surface area contributed by atoms with E-state index in [1.165, 1.54) is 54.5 Å². The van der Waals surface area contributed by atoms with Gasteiger partial charge in [-0.3, -0.25) is 0 Å². The van der Waals surface area contributed by atoms with Crippen LogP contribution in [-0.4, -0.2) is 4.57 Å². The van der Waals surface area contributed by atoms with Crippen molar-refractivity contribution in [3.63, 3.8) is 0 Å². The van der Waals surface area contributed by atoms with Crippen LogP contribution in [0.5, 0.6) is 0 Å². The SMILES string of the molecule is c1cc(Nc2ccc(-n3c4ccccc4c4ccccc43)cc2)cc(-c2ccc3c(ccc4ccccc43)c2)c1. The van der Waals surface area contributed by atoms with Gasteiger partial charge in [0, 0.05) is 27.8 Å². The average Bonchev–Trinajstić information content (AvgIpc) is 3.36. The largest absolute Gasteiger partial charge is 0.356 e. The summed E-state index contributed by atoms with van der Waals surface area (Å²) in [6, 6.07) is 54.4. The van der Waals surface area contributed by atoms with Crippen molar-refractivity contribution < 1.29 is 0 Å². The van der Waals surface area contributed by atoms with E-state index in [2.05, 4.69) is 162 Å². The van der Waals surface area contributed by atoms with Crippen molar-refractivity contribution in [3.8, 4) is 16.8 Å². The number of hydrogen-bond donors (Lipinski definition) is 1. The zero-order chi connectivity index (χ0) is 26.5. The average molecular weight is 511 g/mol. The molecule has 1 heterocycles. The van der Waals surface area contributed by atoms with Gasteiger partial charge in [0.05, 0.1) is 11.0 Å². The molecule has 0 aliphatic carbocycles. The quantitative estimate of drug-likeness (QED) is 0.233. The number of hydrogen-bond acceptors (Lipinski definition) is 1. The molecule has 188 valence electrons. The first-order valence-electron chi connectivity index (χ1n) is 13.7. The fourth-order valence-electron chi connectivity index (χ4n) is 6.03. The van der Waals surface area contributed by atoms with E-state index < -0.39 is 0 Å². The van der Waals surface area contributed by atoms with Gasteiger partial charge in [0.1, 0.15) is 0 Å². The lowest BCUT2D eigenvalue weighted by Gasteiger charge is -2.12. The molecule has 40 heavy (non-hydrogen) atoms. The van der Waals surface area contributed by atoms with Crippen molar-refractivity contribution in [2.75, 3.05) is 5.32 Å². The number of rotatable bonds is 4. The lowest BCUT2D eigenvalue weighted by molar-refractivity contribution is 1.18. The Bertz CT molecular complexity index is 2130. The summed E-state index contributed by atoms with van der Waals surface area (Å²) in [5.74, 6) is 0. The molecular formula is C38H26N2. The molecule has 1 aromatic heterocycles. The van der Waals surface area contributed by atoms with Gasteiger partial charge in [-0.1, -0.05) is 97.1 Å². The smallest absolute Gasteiger partial charge is 0.0541 e. The summed E-state index contributed by atoms with van der Waals surface area (Å²) in [5, 5.41) is 11.3. The van der Waals surface area contributed by atoms with Gasteiger partial charge in [-0.05, 0) is 87.3 Å². The van der Waals surface area contributed by atoms with E-state index >= 15 is 0 Å². The minimum absolute atomic E-state index is 1.06. The molecule has 0 aliphatic rings. The highest BCUT2D eigenvalue weighted by Gasteiger charge is 2.11. The molecular weight excluding hydrogens is 484 g/mol. The van der Waals surface area contributed by atoms with Crippen molar-refractivity contribution in [2.24, 2.45) is 0 Å². The van der Waals surface area contributed by atoms with Crippen LogP contribution in [0.1, 0.15) is 0 Å². The molecule has 0 saturated carbocycles. The van der Waals surface area contributed by atoms with E-state index in [-0.39, 0.29) is 0 Å². The molecule has 0 saturated heterocycles. The maximum absolute atomic E-state index is 3.61. The highest BCUT2D eigenvalue weighted by molar-refractivity contribution is 6.09. The maximum Gasteiger partial charge on any atom is 0.0541 e. The molecule has 0 bridgehead atoms. The minimum atomic E-state index is 1.06. The first-order valence-corrected chi connectivity index (χ1v) is 13.7. The summed E-state index contributed by atoms with van der Waals surface area (Å²) in [5.41, 5.74) is 8.14. The molecule has 0 aliphatic heterocycles. The van der Waals surface area contributed by atoms with Crippen LogP contribution >= 0.6 is 0 Å². The number of anilines is 2. The third-order valence-corrected chi connectivity index (χ3v) is 7.94. The fourth-order valence-corrected chi connectivity index (χ4v) is 6.03. The van der Waals surface area contributed by atoms with E-state index in [1.807, 2.05) is 0 Å². The van der Waals surface area contributed by atoms with Crippen LogP contribution in [0.25, 0.3) is 60.2 Å². The number of aromatic nitrogens is 1. The zero-order valence-electron chi connectivity index (χ0n) is 21.9. The van der Waals surface area contributed by atoms with Crippen molar-refractivity contribution >= 4 is 54.7 Å². The predicted octanol–water partition coefficient (Wildman–Crippen LogP) is 10.5. The predicted molar refractivity (Wildman–Crippen MR) is 171 cm³/mol. The van der Waals surface area contributed by atoms with E-state index in [9.17, 15) is 0 Å². The lowest BCUT2D eigenvalue weighted by Crippen LogP contribution is -1.95. The number of nitrogens with one attached hydrogen (secondary N) is 1. The van der Waals surface area contributed by atoms with Crippen LogP contribution < -0.4 is 5.32 Å². The molecule has 7 aromatic carbocycles. The zero-order valence-corrected chi connectivity index (χ0v) is 21.9. The maximum atomic E-state index is 3.61. The lowest BCUT2D eigenvalue weighted by atomic mass is 9.97. The monoisotopic (exact) mass is 510 g/mol. The third kappa shape index (κ3) is 3.73. The van der Waals surface area contributed by atoms with Crippen molar-refractivity contribution in [2.45, 2.75) is 0 Å². The highest BCUT2D eigenvalue weighted by Crippen LogP contribution is 2.33. The summed E-state index contributed by atoms with van der Waals surface area (Å²) >= 11 is 0. The Morgan fingerprint density at radius 3 is 1.77 bits per heavy atom. The molecule has 0 radical (unpaired) electrons. The van der Waals surface area contributed by atoms with E-state index in [1.54, 1.807) is 0 Å². The minimum Gasteiger partial charge on any atom is -0.356 e. The van der Waals surface area contributed by atoms with Gasteiger partial charge < -0.3 is 9.88 Å². The summed E-state index contributed by atoms with van der Waals surface area (Å²) < 4.78 is 2.35. The Kier molecular flexibility index (Phi) is 5.17. The third-order valence-electron chi connectivity index (χ3n) is 7.94. The Balaban J connectivity index is 1.11. The van der Waals surface area contributed by atoms with Crippen molar-refractivity contribution in [1.29, 1.82) is 0 Å². The summed E-state index contributed by atoms with van der Waals surface area (Å²) in [7, 11) is 0. The van der Waals surface area contributed by atoms with E-state index in [4.69, 9.17) is 0 Å². The summed E-state index contributed by atoms with van der Waals surface area (Å²) in [6.45, 7) is 0. The molecule has 8 aromatic rings. The molecule has 0 fully saturated rings. The van der Waals surface area contributed by atoms with Crippen molar-refractivity contribution in [3.05, 3.63) is 152 Å². The van der Waals surface area contributed by atoms with Crippen LogP contribution in [0, 0.1) is 0 Å². The Labute approximate surface area is 232 Å². The van der Waals surface area contributed by atoms with Crippen molar-refractivity contribution in [1.82, 2.24) is 4.57 Å². The number of benzene rings is 7. The topological polar surface area (TPSA) is 17.0 Å². The van der Waals surface area contributed by atoms with Crippen LogP contribution in [0.3, 0.4) is 0 Å². The van der Waals surface area contributed by atoms with Crippen LogP contribution in [0.15, 0.2) is 152 Å². The Morgan fingerprint density at radius 1 is 0.375 bits per heavy atom. The molecule has 1 N–H and O–H groups in total. The molecule has 2 heteroatoms. The van der Waals surface area contributed by atoms with Gasteiger partial charge in [-0.2, -0.15) is 0 Å². The number of nitrogens with zero attached hydrogens (tertiary/aromatic N) is 1. The summed E-state index contributed by atoms with van der Waals surface area (Å²) in [6.07, 6.45) is 0. The van der Waals surface area contributed by atoms with Gasteiger partial charge >= 0.3 is 0 Å². The second-order valence-electron chi connectivity index (χ2n) is 10.3. The van der Waals surface area contributed by atoms with Gasteiger partial charge in [0.2, 0.25) is 0 Å². The van der Waals surface area contributed by atoms with Gasteiger partial charge in [0.25, 0.3) is 0 Å². The second-order valence-corrected chi connectivity index (χ2v) is 10.3. The molecule has 0 unspecified atom stereocenters. The van der Waals surface area contributed by atoms with Gasteiger partial charge in [0.15, 0.2) is 0 Å². The first-order chi connectivity index (χ1) is 19.8. The highest BCUT2D eigenvalue weighted by atomic mass is 15.0. The van der Waals surface area contributed by atoms with Crippen LogP contribution in [-0.2, 0) is 0 Å². The van der Waals surface area contributed by atoms with E-state index in [0.29, 0.717) is 0 Å².